The van der Waals surface area contributed by atoms with Gasteiger partial charge in [-0.25, -0.2) is 0 Å². The Balaban J connectivity index is 0.731. The Morgan fingerprint density at radius 2 is 0.593 bits per heavy atom. The first-order chi connectivity index (χ1) is 52.8. The van der Waals surface area contributed by atoms with Crippen molar-refractivity contribution in [3.8, 4) is 0 Å². The number of rotatable bonds is 11. The lowest BCUT2D eigenvalue weighted by Gasteiger charge is -2.90. The summed E-state index contributed by atoms with van der Waals surface area (Å²) in [6.45, 7) is 17.4. The van der Waals surface area contributed by atoms with E-state index < -0.39 is 0 Å². The molecule has 19 saturated carbocycles. The Morgan fingerprint density at radius 3 is 1.01 bits per heavy atom. The van der Waals surface area contributed by atoms with Crippen LogP contribution in [0.3, 0.4) is 0 Å². The molecule has 0 radical (unpaired) electrons. The second-order valence-corrected chi connectivity index (χ2v) is 50.0. The van der Waals surface area contributed by atoms with Crippen molar-refractivity contribution in [2.24, 2.45) is 170 Å². The predicted molar refractivity (Wildman–Crippen MR) is 452 cm³/mol. The summed E-state index contributed by atoms with van der Waals surface area (Å²) in [4.78, 5) is 11.8. The molecule has 0 aromatic carbocycles. The molecule has 0 N–H and O–H groups in total. The zero-order valence-corrected chi connectivity index (χ0v) is 71.7. The van der Waals surface area contributed by atoms with Crippen LogP contribution >= 0.6 is 0 Å². The zero-order chi connectivity index (χ0) is 72.1. The predicted octanol–water partition coefficient (Wildman–Crippen LogP) is 27.4. The molecule has 3 saturated heterocycles. The zero-order valence-electron chi connectivity index (χ0n) is 71.7. The minimum atomic E-state index is 0.436. The summed E-state index contributed by atoms with van der Waals surface area (Å²) in [5.74, 6) is 29.2. The van der Waals surface area contributed by atoms with Gasteiger partial charge in [-0.05, 0) is 298 Å². The molecule has 19 aliphatic carbocycles. The van der Waals surface area contributed by atoms with Crippen LogP contribution in [-0.2, 0) is 0 Å². The molecule has 27 unspecified atom stereocenters. The molecular formula is C104H170BN3. The van der Waals surface area contributed by atoms with E-state index in [1.807, 2.05) is 0 Å². The minimum Gasteiger partial charge on any atom is -0.295 e. The molecule has 0 amide bonds. The maximum atomic E-state index is 4.11. The van der Waals surface area contributed by atoms with E-state index in [2.05, 4.69) is 56.2 Å². The van der Waals surface area contributed by atoms with Gasteiger partial charge in [0.25, 0.3) is 0 Å². The highest BCUT2D eigenvalue weighted by molar-refractivity contribution is 6.65. The van der Waals surface area contributed by atoms with Gasteiger partial charge in [-0.1, -0.05) is 292 Å². The number of hydrogen-bond donors (Lipinski definition) is 0. The molecule has 604 valence electrons. The van der Waals surface area contributed by atoms with Crippen molar-refractivity contribution in [2.75, 3.05) is 0 Å². The van der Waals surface area contributed by atoms with Crippen LogP contribution in [0, 0.1) is 170 Å². The van der Waals surface area contributed by atoms with Crippen LogP contribution in [0.4, 0.5) is 0 Å². The van der Waals surface area contributed by atoms with E-state index in [0.717, 1.165) is 238 Å². The van der Waals surface area contributed by atoms with Crippen LogP contribution < -0.4 is 0 Å². The van der Waals surface area contributed by atoms with Crippen molar-refractivity contribution in [1.82, 2.24) is 14.7 Å². The average Bonchev–Trinajstić information content (AvgIpc) is 0.618. The topological polar surface area (TPSA) is 9.72 Å². The molecule has 108 heavy (non-hydrogen) atoms. The third-order valence-corrected chi connectivity index (χ3v) is 44.7. The fourth-order valence-corrected chi connectivity index (χ4v) is 40.4. The molecule has 0 aromatic heterocycles. The lowest BCUT2D eigenvalue weighted by atomic mass is 9.18. The van der Waals surface area contributed by atoms with E-state index >= 15 is 0 Å². The summed E-state index contributed by atoms with van der Waals surface area (Å²) >= 11 is 0. The van der Waals surface area contributed by atoms with Crippen molar-refractivity contribution >= 4 is 6.71 Å². The Bertz CT molecular complexity index is 2960. The third kappa shape index (κ3) is 12.4. The van der Waals surface area contributed by atoms with Crippen molar-refractivity contribution < 1.29 is 0 Å². The molecule has 0 bridgehead atoms. The van der Waals surface area contributed by atoms with E-state index in [1.165, 1.54) is 0 Å². The monoisotopic (exact) mass is 1470 g/mol. The van der Waals surface area contributed by atoms with Gasteiger partial charge in [-0.15, -0.1) is 0 Å². The van der Waals surface area contributed by atoms with Gasteiger partial charge in [0.1, 0.15) is 0 Å². The van der Waals surface area contributed by atoms with Crippen LogP contribution in [0.1, 0.15) is 408 Å². The summed E-state index contributed by atoms with van der Waals surface area (Å²) < 4.78 is 0. The van der Waals surface area contributed by atoms with E-state index in [9.17, 15) is 0 Å². The lowest BCUT2D eigenvalue weighted by molar-refractivity contribution is -0.408. The first kappa shape index (κ1) is 74.3. The SMILES string of the molecule is CC(C)(C)C1CC2CCC3CC(C(C)(C)C)CC4C(C5CCC6B7C8CCC(C9CCCCC9)CC8N(C8C(C9CCCCC9)CC(C9CCCCC9)CC8C8CCCCC8)C8CC(N9C%10CC%11CC%12CC9C%11%12%10)CC(C78)N(C7C(C8CCCCC8)CC(C8CCCCC8)CC7C7CCCCC7)C6C5)CC(C1)C2C34. The molecule has 3 nitrogen and oxygen atoms in total. The van der Waals surface area contributed by atoms with Crippen LogP contribution in [0.2, 0.25) is 17.5 Å². The largest absolute Gasteiger partial charge is 0.295 e. The van der Waals surface area contributed by atoms with Crippen LogP contribution in [0.5, 0.6) is 0 Å². The van der Waals surface area contributed by atoms with Gasteiger partial charge < -0.3 is 0 Å². The average molecular weight is 1470 g/mol. The first-order valence-electron chi connectivity index (χ1n) is 52.1. The van der Waals surface area contributed by atoms with E-state index in [4.69, 9.17) is 0 Å². The molecule has 3 aliphatic heterocycles. The summed E-state index contributed by atoms with van der Waals surface area (Å²) in [5, 5.41) is 0. The second kappa shape index (κ2) is 29.7. The van der Waals surface area contributed by atoms with Crippen molar-refractivity contribution in [2.45, 2.75) is 479 Å². The maximum Gasteiger partial charge on any atom is 0.156 e. The Kier molecular flexibility index (Phi) is 20.4. The molecule has 3 heterocycles. The van der Waals surface area contributed by atoms with Gasteiger partial charge in [-0.3, -0.25) is 14.7 Å². The summed E-state index contributed by atoms with van der Waals surface area (Å²) in [6.07, 6.45) is 91.2. The fraction of sp³-hybridized carbons (Fsp3) is 1.00. The van der Waals surface area contributed by atoms with E-state index in [-0.39, 0.29) is 0 Å². The minimum absolute atomic E-state index is 0.436. The quantitative estimate of drug-likeness (QED) is 0.191. The van der Waals surface area contributed by atoms with Gasteiger partial charge in [0.15, 0.2) is 6.71 Å². The molecule has 22 aliphatic rings. The normalized spacial score (nSPS) is 51.8. The summed E-state index contributed by atoms with van der Waals surface area (Å²) in [6, 6.07) is 7.98. The van der Waals surface area contributed by atoms with Gasteiger partial charge in [0, 0.05) is 59.8 Å². The number of likely N-dealkylation sites (tertiary alicyclic amines) is 1. The van der Waals surface area contributed by atoms with Crippen LogP contribution in [0.25, 0.3) is 0 Å². The Morgan fingerprint density at radius 1 is 0.241 bits per heavy atom. The molecule has 4 heteroatoms. The van der Waals surface area contributed by atoms with Crippen molar-refractivity contribution in [3.63, 3.8) is 0 Å². The van der Waals surface area contributed by atoms with Crippen molar-refractivity contribution in [3.05, 3.63) is 0 Å². The summed E-state index contributed by atoms with van der Waals surface area (Å²) in [7, 11) is 0. The molecule has 0 aromatic rings. The van der Waals surface area contributed by atoms with E-state index in [1.54, 1.807) is 366 Å². The third-order valence-electron chi connectivity index (χ3n) is 44.7. The molecule has 1 spiro atoms. The molecule has 22 fully saturated rings. The summed E-state index contributed by atoms with van der Waals surface area (Å²) in [5.41, 5.74) is 1.69. The van der Waals surface area contributed by atoms with E-state index in [0.29, 0.717) is 10.8 Å². The highest BCUT2D eigenvalue weighted by Crippen LogP contribution is 2.84. The fourth-order valence-electron chi connectivity index (χ4n) is 40.4. The molecule has 22 rings (SSSR count). The van der Waals surface area contributed by atoms with Gasteiger partial charge >= 0.3 is 0 Å². The van der Waals surface area contributed by atoms with Gasteiger partial charge in [0.05, 0.1) is 0 Å². The second-order valence-electron chi connectivity index (χ2n) is 50.0. The van der Waals surface area contributed by atoms with Crippen LogP contribution in [0.15, 0.2) is 0 Å². The maximum absolute atomic E-state index is 4.11. The molecular weight excluding hydrogens is 1300 g/mol. The molecule has 27 atom stereocenters. The lowest BCUT2D eigenvalue weighted by Crippen LogP contribution is -2.94. The number of fused-ring (bicyclic) bond motifs is 4. The number of piperidine rings is 2. The van der Waals surface area contributed by atoms with Crippen LogP contribution in [-0.4, -0.2) is 75.8 Å². The van der Waals surface area contributed by atoms with Crippen molar-refractivity contribution in [1.29, 1.82) is 0 Å². The van der Waals surface area contributed by atoms with Gasteiger partial charge in [0.2, 0.25) is 0 Å². The first-order valence-corrected chi connectivity index (χ1v) is 52.1. The smallest absolute Gasteiger partial charge is 0.156 e. The number of nitrogens with zero attached hydrogens (tertiary/aromatic N) is 3. The standard InChI is InChI=1S/C104H170BN3/c1-102(2,3)78-48-73-42-43-74-49-79(103(4,5)6)59-88-83(55-77(50-78)97(73)98(74)88)72-45-47-90-92(57-72)108(101-86(69-38-24-12-25-39-69)53-76(66-32-18-9-19-33-66)54-87(101)70-40-26-13-27-41-70)94-63-82(106-95-60-80-58-81-61-96(106)104(80,81)95)62-93-99(94)105(90)89-46-44-71(64-28-14-7-15-29-64)56-91(89)107(93)100-84(67-34-20-10-21-35-67)51-75(65-30-16-8-17-31-65)52-85(100)68-36-22-11-23-37-68/h64-101H,7-63H2,1-6H3. The highest BCUT2D eigenvalue weighted by atomic mass is 15.4. The van der Waals surface area contributed by atoms with Gasteiger partial charge in [-0.2, -0.15) is 0 Å². The number of hydrogen-bond acceptors (Lipinski definition) is 3. The Labute approximate surface area is 666 Å². The highest BCUT2D eigenvalue weighted by Gasteiger charge is 2.85. The Hall–Kier alpha value is -0.0551.